The summed E-state index contributed by atoms with van der Waals surface area (Å²) in [6.07, 6.45) is 0.787. The number of carbonyl (C=O) groups is 1. The highest BCUT2D eigenvalue weighted by atomic mass is 127. The predicted octanol–water partition coefficient (Wildman–Crippen LogP) is 3.35. The zero-order valence-electron chi connectivity index (χ0n) is 9.39. The first-order valence-corrected chi connectivity index (χ1v) is 6.79. The Morgan fingerprint density at radius 3 is 2.88 bits per heavy atom. The summed E-state index contributed by atoms with van der Waals surface area (Å²) in [6.45, 7) is 3.96. The molecular formula is C12H15ClINO. The average molecular weight is 352 g/mol. The van der Waals surface area contributed by atoms with Crippen LogP contribution in [0.3, 0.4) is 0 Å². The lowest BCUT2D eigenvalue weighted by molar-refractivity contribution is 0.0938. The second-order valence-corrected chi connectivity index (χ2v) is 5.25. The number of amides is 1. The van der Waals surface area contributed by atoms with Crippen LogP contribution in [0.4, 0.5) is 0 Å². The Morgan fingerprint density at radius 1 is 1.56 bits per heavy atom. The Labute approximate surface area is 115 Å². The summed E-state index contributed by atoms with van der Waals surface area (Å²) in [5.41, 5.74) is 1.86. The molecular weight excluding hydrogens is 336 g/mol. The number of alkyl halides is 1. The van der Waals surface area contributed by atoms with Crippen molar-refractivity contribution in [1.82, 2.24) is 5.32 Å². The first-order valence-electron chi connectivity index (χ1n) is 5.18. The molecule has 0 aliphatic carbocycles. The number of hydrogen-bond acceptors (Lipinski definition) is 1. The van der Waals surface area contributed by atoms with Gasteiger partial charge in [-0.3, -0.25) is 4.79 Å². The van der Waals surface area contributed by atoms with Crippen molar-refractivity contribution in [3.63, 3.8) is 0 Å². The van der Waals surface area contributed by atoms with Gasteiger partial charge in [0.15, 0.2) is 0 Å². The fourth-order valence-electron chi connectivity index (χ4n) is 1.36. The SMILES string of the molecule is Cc1cccc(C(=O)NC(C)CCCl)c1I. The highest BCUT2D eigenvalue weighted by molar-refractivity contribution is 14.1. The maximum absolute atomic E-state index is 11.9. The summed E-state index contributed by atoms with van der Waals surface area (Å²) >= 11 is 7.83. The average Bonchev–Trinajstić information content (AvgIpc) is 2.22. The molecule has 0 aliphatic rings. The predicted molar refractivity (Wildman–Crippen MR) is 76.2 cm³/mol. The Morgan fingerprint density at radius 2 is 2.25 bits per heavy atom. The summed E-state index contributed by atoms with van der Waals surface area (Å²) in [7, 11) is 0. The Bertz CT molecular complexity index is 381. The van der Waals surface area contributed by atoms with Gasteiger partial charge in [0.1, 0.15) is 0 Å². The molecule has 0 saturated heterocycles. The number of benzene rings is 1. The maximum Gasteiger partial charge on any atom is 0.252 e. The molecule has 1 N–H and O–H groups in total. The van der Waals surface area contributed by atoms with E-state index in [9.17, 15) is 4.79 Å². The van der Waals surface area contributed by atoms with Crippen molar-refractivity contribution in [3.05, 3.63) is 32.9 Å². The monoisotopic (exact) mass is 351 g/mol. The highest BCUT2D eigenvalue weighted by Gasteiger charge is 2.13. The molecule has 16 heavy (non-hydrogen) atoms. The topological polar surface area (TPSA) is 29.1 Å². The summed E-state index contributed by atoms with van der Waals surface area (Å²) in [5, 5.41) is 2.94. The largest absolute Gasteiger partial charge is 0.350 e. The number of aryl methyl sites for hydroxylation is 1. The lowest BCUT2D eigenvalue weighted by atomic mass is 10.1. The molecule has 2 nitrogen and oxygen atoms in total. The Kier molecular flexibility index (Phi) is 5.55. The molecule has 0 bridgehead atoms. The lowest BCUT2D eigenvalue weighted by Gasteiger charge is -2.13. The summed E-state index contributed by atoms with van der Waals surface area (Å²) in [5.74, 6) is 0.539. The zero-order chi connectivity index (χ0) is 12.1. The van der Waals surface area contributed by atoms with E-state index in [1.807, 2.05) is 32.0 Å². The van der Waals surface area contributed by atoms with Gasteiger partial charge in [-0.2, -0.15) is 0 Å². The van der Waals surface area contributed by atoms with Crippen molar-refractivity contribution in [3.8, 4) is 0 Å². The van der Waals surface area contributed by atoms with E-state index in [2.05, 4.69) is 27.9 Å². The van der Waals surface area contributed by atoms with Crippen LogP contribution in [0.5, 0.6) is 0 Å². The van der Waals surface area contributed by atoms with Crippen molar-refractivity contribution >= 4 is 40.1 Å². The van der Waals surface area contributed by atoms with Gasteiger partial charge >= 0.3 is 0 Å². The van der Waals surface area contributed by atoms with Crippen LogP contribution in [0.25, 0.3) is 0 Å². The third kappa shape index (κ3) is 3.63. The second kappa shape index (κ2) is 6.45. The molecule has 1 aromatic carbocycles. The first kappa shape index (κ1) is 13.8. The summed E-state index contributed by atoms with van der Waals surface area (Å²) in [4.78, 5) is 11.9. The second-order valence-electron chi connectivity index (χ2n) is 3.79. The maximum atomic E-state index is 11.9. The minimum absolute atomic E-state index is 0.0225. The number of nitrogens with one attached hydrogen (secondary N) is 1. The zero-order valence-corrected chi connectivity index (χ0v) is 12.3. The van der Waals surface area contributed by atoms with Crippen LogP contribution in [0.15, 0.2) is 18.2 Å². The molecule has 1 atom stereocenters. The van der Waals surface area contributed by atoms with E-state index >= 15 is 0 Å². The number of hydrogen-bond donors (Lipinski definition) is 1. The van der Waals surface area contributed by atoms with Crippen LogP contribution >= 0.6 is 34.2 Å². The number of carbonyl (C=O) groups excluding carboxylic acids is 1. The van der Waals surface area contributed by atoms with E-state index < -0.39 is 0 Å². The molecule has 0 saturated carbocycles. The molecule has 0 fully saturated rings. The van der Waals surface area contributed by atoms with Crippen LogP contribution in [-0.2, 0) is 0 Å². The summed E-state index contributed by atoms with van der Waals surface area (Å²) < 4.78 is 1.01. The Balaban J connectivity index is 2.77. The van der Waals surface area contributed by atoms with E-state index in [-0.39, 0.29) is 11.9 Å². The third-order valence-electron chi connectivity index (χ3n) is 2.36. The minimum atomic E-state index is -0.0225. The third-order valence-corrected chi connectivity index (χ3v) is 4.01. The lowest BCUT2D eigenvalue weighted by Crippen LogP contribution is -2.33. The smallest absolute Gasteiger partial charge is 0.252 e. The van der Waals surface area contributed by atoms with Crippen molar-refractivity contribution in [2.45, 2.75) is 26.3 Å². The van der Waals surface area contributed by atoms with Gasteiger partial charge < -0.3 is 5.32 Å². The molecule has 0 spiro atoms. The van der Waals surface area contributed by atoms with E-state index in [0.717, 1.165) is 21.1 Å². The van der Waals surface area contributed by atoms with Crippen molar-refractivity contribution in [1.29, 1.82) is 0 Å². The van der Waals surface area contributed by atoms with Gasteiger partial charge in [0.05, 0.1) is 5.56 Å². The molecule has 88 valence electrons. The van der Waals surface area contributed by atoms with Crippen LogP contribution in [-0.4, -0.2) is 17.8 Å². The molecule has 1 amide bonds. The molecule has 1 unspecified atom stereocenters. The quantitative estimate of drug-likeness (QED) is 0.654. The molecule has 4 heteroatoms. The normalized spacial score (nSPS) is 12.2. The summed E-state index contributed by atoms with van der Waals surface area (Å²) in [6, 6.07) is 5.86. The van der Waals surface area contributed by atoms with E-state index in [0.29, 0.717) is 5.88 Å². The first-order chi connectivity index (χ1) is 7.56. The van der Waals surface area contributed by atoms with Gasteiger partial charge in [-0.25, -0.2) is 0 Å². The van der Waals surface area contributed by atoms with Gasteiger partial charge in [-0.15, -0.1) is 11.6 Å². The number of halogens is 2. The highest BCUT2D eigenvalue weighted by Crippen LogP contribution is 2.16. The molecule has 0 aromatic heterocycles. The van der Waals surface area contributed by atoms with Gasteiger partial charge in [0.2, 0.25) is 0 Å². The fourth-order valence-corrected chi connectivity index (χ4v) is 2.29. The van der Waals surface area contributed by atoms with E-state index in [1.165, 1.54) is 0 Å². The van der Waals surface area contributed by atoms with Crippen molar-refractivity contribution in [2.75, 3.05) is 5.88 Å². The molecule has 0 aliphatic heterocycles. The molecule has 0 radical (unpaired) electrons. The van der Waals surface area contributed by atoms with Crippen LogP contribution in [0, 0.1) is 10.5 Å². The van der Waals surface area contributed by atoms with Crippen LogP contribution in [0.2, 0.25) is 0 Å². The van der Waals surface area contributed by atoms with Crippen LogP contribution in [0.1, 0.15) is 29.3 Å². The number of rotatable bonds is 4. The van der Waals surface area contributed by atoms with E-state index in [4.69, 9.17) is 11.6 Å². The molecule has 0 heterocycles. The standard InChI is InChI=1S/C12H15ClINO/c1-8-4-3-5-10(11(8)14)12(16)15-9(2)6-7-13/h3-5,9H,6-7H2,1-2H3,(H,15,16). The van der Waals surface area contributed by atoms with Crippen molar-refractivity contribution < 1.29 is 4.79 Å². The van der Waals surface area contributed by atoms with Gasteiger partial charge in [0.25, 0.3) is 5.91 Å². The van der Waals surface area contributed by atoms with Gasteiger partial charge in [-0.1, -0.05) is 12.1 Å². The Hall–Kier alpha value is -0.290. The minimum Gasteiger partial charge on any atom is -0.350 e. The van der Waals surface area contributed by atoms with Gasteiger partial charge in [-0.05, 0) is 54.5 Å². The van der Waals surface area contributed by atoms with E-state index in [1.54, 1.807) is 0 Å². The molecule has 1 rings (SSSR count). The van der Waals surface area contributed by atoms with Crippen LogP contribution < -0.4 is 5.32 Å². The van der Waals surface area contributed by atoms with Crippen molar-refractivity contribution in [2.24, 2.45) is 0 Å². The van der Waals surface area contributed by atoms with Gasteiger partial charge in [0, 0.05) is 15.5 Å². The molecule has 1 aromatic rings. The fraction of sp³-hybridized carbons (Fsp3) is 0.417.